The average molecular weight is 910 g/mol. The maximum atomic E-state index is 14.2. The standard InChI is InChI=1S/C48H55N11O6Si/c1-56-23-33(50-26-56)19-39(54-47(62)64-3)45(60)58-17-7-8-42(58)38-21-36-35-15-13-31(18-32(35)14-16-37(36)52-38)29-9-11-30(12-10-29)41-22-49-44(53-41)43-25-66(5,6)28-59(43)46(61)40(55-48(63)65-4)20-34-24-57(2)27-51-34/h9-16,18,22-24,26-27,39-40,42-43H,7-8,17,19-21,25,28H2,1-6H3,(H,49,53)(H,54,62)(H,55,63)/t39-,40-,42-,43-/m0/s1. The summed E-state index contributed by atoms with van der Waals surface area (Å²) in [6, 6.07) is 17.8. The van der Waals surface area contributed by atoms with Crippen LogP contribution >= 0.6 is 0 Å². The number of carbonyl (C=O) groups excluding carboxylic acids is 4. The Hall–Kier alpha value is -7.08. The minimum atomic E-state index is -1.83. The van der Waals surface area contributed by atoms with Crippen LogP contribution in [-0.4, -0.2) is 122 Å². The van der Waals surface area contributed by atoms with E-state index in [-0.39, 0.29) is 36.7 Å². The van der Waals surface area contributed by atoms with Crippen molar-refractivity contribution in [2.45, 2.75) is 75.4 Å². The molecule has 6 aromatic rings. The van der Waals surface area contributed by atoms with Gasteiger partial charge in [0.1, 0.15) is 17.9 Å². The van der Waals surface area contributed by atoms with E-state index in [2.05, 4.69) is 93.3 Å². The van der Waals surface area contributed by atoms with Gasteiger partial charge in [0.05, 0.1) is 76.0 Å². The number of ether oxygens (including phenoxy) is 2. The number of aromatic amines is 1. The number of hydrogen-bond donors (Lipinski definition) is 3. The molecule has 2 fully saturated rings. The van der Waals surface area contributed by atoms with E-state index in [0.29, 0.717) is 30.5 Å². The number of nitrogens with zero attached hydrogens (tertiary/aromatic N) is 8. The van der Waals surface area contributed by atoms with Crippen LogP contribution in [0.4, 0.5) is 15.3 Å². The second-order valence-corrected chi connectivity index (χ2v) is 23.5. The minimum absolute atomic E-state index is 0.170. The lowest BCUT2D eigenvalue weighted by Crippen LogP contribution is -2.52. The highest BCUT2D eigenvalue weighted by Gasteiger charge is 2.45. The number of imidazole rings is 3. The first-order chi connectivity index (χ1) is 31.7. The van der Waals surface area contributed by atoms with Gasteiger partial charge < -0.3 is 44.0 Å². The van der Waals surface area contributed by atoms with E-state index in [9.17, 15) is 19.2 Å². The number of carbonyl (C=O) groups is 4. The number of amides is 4. The zero-order valence-corrected chi connectivity index (χ0v) is 39.1. The van der Waals surface area contributed by atoms with Crippen LogP contribution in [0.15, 0.2) is 90.8 Å². The number of aromatic nitrogens is 6. The van der Waals surface area contributed by atoms with E-state index in [1.165, 1.54) is 14.2 Å². The normalized spacial score (nSPS) is 18.5. The zero-order valence-electron chi connectivity index (χ0n) is 38.1. The van der Waals surface area contributed by atoms with Crippen LogP contribution in [0.3, 0.4) is 0 Å². The number of H-pyrrole nitrogens is 1. The molecule has 3 aromatic carbocycles. The molecular formula is C48H55N11O6Si. The lowest BCUT2D eigenvalue weighted by molar-refractivity contribution is -0.134. The van der Waals surface area contributed by atoms with Gasteiger partial charge in [-0.2, -0.15) is 0 Å². The lowest BCUT2D eigenvalue weighted by atomic mass is 9.95. The van der Waals surface area contributed by atoms with Crippen LogP contribution in [0.2, 0.25) is 19.1 Å². The third-order valence-corrected chi connectivity index (χ3v) is 15.7. The predicted octanol–water partition coefficient (Wildman–Crippen LogP) is 6.05. The van der Waals surface area contributed by atoms with Gasteiger partial charge in [-0.25, -0.2) is 24.5 Å². The van der Waals surface area contributed by atoms with E-state index in [0.717, 1.165) is 74.8 Å². The number of aliphatic imine (C=N–C) groups is 1. The number of aryl methyl sites for hydroxylation is 2. The number of fused-ring (bicyclic) bond motifs is 3. The van der Waals surface area contributed by atoms with Gasteiger partial charge in [-0.1, -0.05) is 55.6 Å². The molecule has 3 aliphatic heterocycles. The summed E-state index contributed by atoms with van der Waals surface area (Å²) in [6.45, 7) is 5.12. The van der Waals surface area contributed by atoms with Crippen LogP contribution in [0.25, 0.3) is 33.2 Å². The van der Waals surface area contributed by atoms with Crippen molar-refractivity contribution in [1.82, 2.24) is 49.5 Å². The van der Waals surface area contributed by atoms with E-state index in [1.807, 2.05) is 51.6 Å². The quantitative estimate of drug-likeness (QED) is 0.123. The van der Waals surface area contributed by atoms with Gasteiger partial charge >= 0.3 is 12.2 Å². The molecule has 3 aromatic heterocycles. The van der Waals surface area contributed by atoms with E-state index in [1.54, 1.807) is 12.7 Å². The Morgan fingerprint density at radius 1 is 0.788 bits per heavy atom. The average Bonchev–Trinajstić information content (AvgIpc) is 4.18. The molecule has 0 saturated carbocycles. The number of alkyl carbamates (subject to hydrolysis) is 2. The summed E-state index contributed by atoms with van der Waals surface area (Å²) >= 11 is 0. The molecule has 0 aliphatic carbocycles. The smallest absolute Gasteiger partial charge is 0.407 e. The summed E-state index contributed by atoms with van der Waals surface area (Å²) in [5.74, 6) is 0.363. The molecule has 2 saturated heterocycles. The molecule has 18 heteroatoms. The maximum Gasteiger partial charge on any atom is 0.407 e. The van der Waals surface area contributed by atoms with Gasteiger partial charge in [-0.15, -0.1) is 0 Å². The monoisotopic (exact) mass is 909 g/mol. The fourth-order valence-corrected chi connectivity index (χ4v) is 12.7. The first-order valence-corrected chi connectivity index (χ1v) is 25.7. The third kappa shape index (κ3) is 9.09. The molecule has 4 amide bonds. The maximum absolute atomic E-state index is 14.2. The summed E-state index contributed by atoms with van der Waals surface area (Å²) in [6.07, 6.45) is 10.9. The van der Waals surface area contributed by atoms with E-state index >= 15 is 0 Å². The van der Waals surface area contributed by atoms with E-state index < -0.39 is 32.3 Å². The first kappa shape index (κ1) is 44.1. The van der Waals surface area contributed by atoms with Crippen molar-refractivity contribution in [3.63, 3.8) is 0 Å². The van der Waals surface area contributed by atoms with Gasteiger partial charge in [-0.05, 0) is 64.0 Å². The summed E-state index contributed by atoms with van der Waals surface area (Å²) in [4.78, 5) is 79.0. The third-order valence-electron chi connectivity index (χ3n) is 13.0. The number of rotatable bonds is 12. The molecule has 0 unspecified atom stereocenters. The van der Waals surface area contributed by atoms with Crippen molar-refractivity contribution in [2.75, 3.05) is 26.9 Å². The molecule has 0 spiro atoms. The molecule has 0 radical (unpaired) electrons. The Morgan fingerprint density at radius 3 is 2.03 bits per heavy atom. The van der Waals surface area contributed by atoms with Crippen molar-refractivity contribution >= 4 is 54.2 Å². The second-order valence-electron chi connectivity index (χ2n) is 18.4. The highest BCUT2D eigenvalue weighted by atomic mass is 28.3. The molecule has 17 nitrogen and oxygen atoms in total. The molecule has 6 heterocycles. The van der Waals surface area contributed by atoms with Gasteiger partial charge in [0.25, 0.3) is 0 Å². The predicted molar refractivity (Wildman–Crippen MR) is 252 cm³/mol. The molecule has 9 rings (SSSR count). The minimum Gasteiger partial charge on any atom is -0.453 e. The number of likely N-dealkylation sites (tertiary alicyclic amines) is 1. The highest BCUT2D eigenvalue weighted by Crippen LogP contribution is 2.40. The SMILES string of the molecule is COC(=O)N[C@@H](Cc1cn(C)cn1)C(=O)N1CCC[C@H]1C1=Nc2ccc3cc(-c4ccc(-c5cnc([C@@H]6C[Si](C)(C)CN6C(=O)[C@H](Cc6cn(C)cn6)NC(=O)OC)[nH]5)cc4)ccc3c2C1. The first-order valence-electron chi connectivity index (χ1n) is 22.3. The van der Waals surface area contributed by atoms with Crippen molar-refractivity contribution < 1.29 is 28.7 Å². The summed E-state index contributed by atoms with van der Waals surface area (Å²) in [7, 11) is 4.48. The molecular weight excluding hydrogens is 855 g/mol. The van der Waals surface area contributed by atoms with Crippen molar-refractivity contribution in [1.29, 1.82) is 0 Å². The topological polar surface area (TPSA) is 194 Å². The lowest BCUT2D eigenvalue weighted by Gasteiger charge is -2.29. The van der Waals surface area contributed by atoms with Crippen LogP contribution in [0.5, 0.6) is 0 Å². The Balaban J connectivity index is 0.886. The molecule has 0 bridgehead atoms. The summed E-state index contributed by atoms with van der Waals surface area (Å²) < 4.78 is 13.4. The molecule has 3 N–H and O–H groups in total. The Labute approximate surface area is 383 Å². The Kier molecular flexibility index (Phi) is 12.1. The van der Waals surface area contributed by atoms with Crippen molar-refractivity contribution in [3.05, 3.63) is 109 Å². The molecule has 66 heavy (non-hydrogen) atoms. The fourth-order valence-electron chi connectivity index (χ4n) is 9.80. The van der Waals surface area contributed by atoms with Crippen LogP contribution < -0.4 is 10.6 Å². The van der Waals surface area contributed by atoms with Gasteiger partial charge in [0.2, 0.25) is 11.8 Å². The summed E-state index contributed by atoms with van der Waals surface area (Å²) in [5.41, 5.74) is 8.39. The van der Waals surface area contributed by atoms with Crippen molar-refractivity contribution in [2.24, 2.45) is 19.1 Å². The molecule has 3 aliphatic rings. The molecule has 4 atom stereocenters. The van der Waals surface area contributed by atoms with Gasteiger partial charge in [0, 0.05) is 64.2 Å². The fraction of sp³-hybridized carbons (Fsp3) is 0.375. The largest absolute Gasteiger partial charge is 0.453 e. The Morgan fingerprint density at radius 2 is 1.41 bits per heavy atom. The van der Waals surface area contributed by atoms with Crippen LogP contribution in [0, 0.1) is 0 Å². The van der Waals surface area contributed by atoms with Crippen LogP contribution in [-0.2, 0) is 52.4 Å². The summed E-state index contributed by atoms with van der Waals surface area (Å²) in [5, 5.41) is 7.73. The number of nitrogens with one attached hydrogen (secondary N) is 3. The van der Waals surface area contributed by atoms with Gasteiger partial charge in [0.15, 0.2) is 0 Å². The number of benzene rings is 3. The van der Waals surface area contributed by atoms with E-state index in [4.69, 9.17) is 19.5 Å². The highest BCUT2D eigenvalue weighted by molar-refractivity contribution is 6.78. The second kappa shape index (κ2) is 18.1. The van der Waals surface area contributed by atoms with Crippen molar-refractivity contribution in [3.8, 4) is 22.4 Å². The molecule has 342 valence electrons. The number of methoxy groups -OCH3 is 2. The number of hydrogen-bond acceptors (Lipinski definition) is 10. The van der Waals surface area contributed by atoms with Gasteiger partial charge in [-0.3, -0.25) is 14.6 Å². The van der Waals surface area contributed by atoms with Crippen LogP contribution in [0.1, 0.15) is 41.7 Å². The zero-order chi connectivity index (χ0) is 46.3. The Bertz CT molecular complexity index is 2850.